The van der Waals surface area contributed by atoms with Crippen LogP contribution in [0.1, 0.15) is 11.4 Å². The molecule has 0 saturated heterocycles. The van der Waals surface area contributed by atoms with Gasteiger partial charge in [-0.05, 0) is 29.8 Å². The van der Waals surface area contributed by atoms with Crippen LogP contribution in [0.5, 0.6) is 0 Å². The Labute approximate surface area is 167 Å². The summed E-state index contributed by atoms with van der Waals surface area (Å²) in [6.45, 7) is 0. The molecule has 4 rings (SSSR count). The van der Waals surface area contributed by atoms with Gasteiger partial charge in [-0.25, -0.2) is 4.98 Å². The summed E-state index contributed by atoms with van der Waals surface area (Å²) in [4.78, 5) is 15.1. The van der Waals surface area contributed by atoms with Gasteiger partial charge in [0.1, 0.15) is 5.82 Å². The summed E-state index contributed by atoms with van der Waals surface area (Å²) in [5.74, 6) is 0.902. The van der Waals surface area contributed by atoms with E-state index in [4.69, 9.17) is 4.98 Å². The van der Waals surface area contributed by atoms with E-state index in [-0.39, 0.29) is 5.69 Å². The predicted molar refractivity (Wildman–Crippen MR) is 114 cm³/mol. The SMILES string of the molecule is Cn1c(C/C(=N\Nc2ccc([N+](=O)[O-])cc2)c2ccccc2)nc2ccccc21. The van der Waals surface area contributed by atoms with Crippen molar-refractivity contribution in [3.8, 4) is 0 Å². The highest BCUT2D eigenvalue weighted by Crippen LogP contribution is 2.18. The number of nitrogens with zero attached hydrogens (tertiary/aromatic N) is 4. The van der Waals surface area contributed by atoms with E-state index in [1.54, 1.807) is 12.1 Å². The topological polar surface area (TPSA) is 85.3 Å². The maximum atomic E-state index is 10.8. The van der Waals surface area contributed by atoms with Crippen molar-refractivity contribution in [2.75, 3.05) is 5.43 Å². The van der Waals surface area contributed by atoms with E-state index < -0.39 is 4.92 Å². The average molecular weight is 385 g/mol. The quantitative estimate of drug-likeness (QED) is 0.300. The molecule has 7 heteroatoms. The number of aromatic nitrogens is 2. The monoisotopic (exact) mass is 385 g/mol. The maximum Gasteiger partial charge on any atom is 0.269 e. The molecule has 0 spiro atoms. The van der Waals surface area contributed by atoms with E-state index in [0.29, 0.717) is 12.1 Å². The van der Waals surface area contributed by atoms with Crippen molar-refractivity contribution < 1.29 is 4.92 Å². The molecule has 4 aromatic rings. The molecule has 0 aliphatic rings. The zero-order valence-corrected chi connectivity index (χ0v) is 15.8. The lowest BCUT2D eigenvalue weighted by Gasteiger charge is -2.09. The van der Waals surface area contributed by atoms with Gasteiger partial charge in [0.15, 0.2) is 0 Å². The number of hydrazone groups is 1. The number of nitro groups is 1. The first-order chi connectivity index (χ1) is 14.1. The first-order valence-corrected chi connectivity index (χ1v) is 9.14. The average Bonchev–Trinajstić information content (AvgIpc) is 3.07. The molecule has 7 nitrogen and oxygen atoms in total. The van der Waals surface area contributed by atoms with E-state index in [0.717, 1.165) is 28.1 Å². The standard InChI is InChI=1S/C22H19N5O2/c1-26-21-10-6-5-9-19(21)23-22(26)15-20(16-7-3-2-4-8-16)25-24-17-11-13-18(14-12-17)27(28)29/h2-14,24H,15H2,1H3/b25-20+. The molecule has 0 saturated carbocycles. The van der Waals surface area contributed by atoms with Gasteiger partial charge in [-0.3, -0.25) is 15.5 Å². The maximum absolute atomic E-state index is 10.8. The Morgan fingerprint density at radius 1 is 1.03 bits per heavy atom. The number of anilines is 1. The zero-order valence-electron chi connectivity index (χ0n) is 15.8. The highest BCUT2D eigenvalue weighted by Gasteiger charge is 2.12. The second-order valence-electron chi connectivity index (χ2n) is 6.59. The van der Waals surface area contributed by atoms with Gasteiger partial charge in [0.2, 0.25) is 0 Å². The minimum atomic E-state index is -0.422. The van der Waals surface area contributed by atoms with Gasteiger partial charge in [-0.1, -0.05) is 42.5 Å². The normalized spacial score (nSPS) is 11.6. The largest absolute Gasteiger partial charge is 0.331 e. The molecule has 0 radical (unpaired) electrons. The number of fused-ring (bicyclic) bond motifs is 1. The summed E-state index contributed by atoms with van der Waals surface area (Å²) in [5.41, 5.74) is 7.55. The van der Waals surface area contributed by atoms with E-state index in [1.165, 1.54) is 12.1 Å². The Kier molecular flexibility index (Phi) is 5.03. The van der Waals surface area contributed by atoms with Crippen molar-refractivity contribution in [2.24, 2.45) is 12.1 Å². The Bertz CT molecular complexity index is 1180. The van der Waals surface area contributed by atoms with Gasteiger partial charge < -0.3 is 4.57 Å². The first-order valence-electron chi connectivity index (χ1n) is 9.14. The Morgan fingerprint density at radius 2 is 1.72 bits per heavy atom. The predicted octanol–water partition coefficient (Wildman–Crippen LogP) is 4.54. The summed E-state index contributed by atoms with van der Waals surface area (Å²) < 4.78 is 2.07. The third-order valence-corrected chi connectivity index (χ3v) is 4.71. The van der Waals surface area contributed by atoms with Crippen molar-refractivity contribution in [2.45, 2.75) is 6.42 Å². The number of para-hydroxylation sites is 2. The van der Waals surface area contributed by atoms with Crippen molar-refractivity contribution in [3.05, 3.63) is 100 Å². The molecule has 0 aliphatic heterocycles. The van der Waals surface area contributed by atoms with Crippen LogP contribution in [-0.4, -0.2) is 20.2 Å². The van der Waals surface area contributed by atoms with Crippen LogP contribution in [0.25, 0.3) is 11.0 Å². The van der Waals surface area contributed by atoms with Gasteiger partial charge in [-0.15, -0.1) is 0 Å². The third kappa shape index (κ3) is 3.98. The van der Waals surface area contributed by atoms with Crippen LogP contribution < -0.4 is 5.43 Å². The number of hydrogen-bond acceptors (Lipinski definition) is 5. The summed E-state index contributed by atoms with van der Waals surface area (Å²) >= 11 is 0. The molecule has 29 heavy (non-hydrogen) atoms. The van der Waals surface area contributed by atoms with Gasteiger partial charge in [0, 0.05) is 19.2 Å². The molecular weight excluding hydrogens is 366 g/mol. The highest BCUT2D eigenvalue weighted by molar-refractivity contribution is 6.02. The molecule has 1 aromatic heterocycles. The molecule has 0 amide bonds. The van der Waals surface area contributed by atoms with Crippen LogP contribution >= 0.6 is 0 Å². The lowest BCUT2D eigenvalue weighted by atomic mass is 10.1. The molecule has 1 N–H and O–H groups in total. The summed E-state index contributed by atoms with van der Waals surface area (Å²) in [6.07, 6.45) is 0.537. The van der Waals surface area contributed by atoms with E-state index in [1.807, 2.05) is 61.6 Å². The fourth-order valence-electron chi connectivity index (χ4n) is 3.13. The number of non-ortho nitro benzene ring substituents is 1. The van der Waals surface area contributed by atoms with Gasteiger partial charge >= 0.3 is 0 Å². The van der Waals surface area contributed by atoms with Crippen LogP contribution in [0.2, 0.25) is 0 Å². The zero-order chi connectivity index (χ0) is 20.2. The third-order valence-electron chi connectivity index (χ3n) is 4.71. The first kappa shape index (κ1) is 18.4. The number of benzene rings is 3. The van der Waals surface area contributed by atoms with Crippen molar-refractivity contribution in [1.29, 1.82) is 0 Å². The molecule has 0 aliphatic carbocycles. The second kappa shape index (κ2) is 7.93. The molecule has 1 heterocycles. The second-order valence-corrected chi connectivity index (χ2v) is 6.59. The number of rotatable bonds is 6. The van der Waals surface area contributed by atoms with E-state index in [2.05, 4.69) is 15.1 Å². The molecule has 0 fully saturated rings. The molecule has 3 aromatic carbocycles. The van der Waals surface area contributed by atoms with Crippen molar-refractivity contribution >= 4 is 28.1 Å². The lowest BCUT2D eigenvalue weighted by Crippen LogP contribution is -2.12. The molecular formula is C22H19N5O2. The van der Waals surface area contributed by atoms with Crippen LogP contribution in [0.3, 0.4) is 0 Å². The number of nitro benzene ring substituents is 1. The van der Waals surface area contributed by atoms with E-state index in [9.17, 15) is 10.1 Å². The van der Waals surface area contributed by atoms with Gasteiger partial charge in [-0.2, -0.15) is 5.10 Å². The molecule has 0 unspecified atom stereocenters. The smallest absolute Gasteiger partial charge is 0.269 e. The van der Waals surface area contributed by atoms with Gasteiger partial charge in [0.05, 0.1) is 33.8 Å². The number of hydrogen-bond donors (Lipinski definition) is 1. The summed E-state index contributed by atoms with van der Waals surface area (Å²) in [6, 6.07) is 24.1. The van der Waals surface area contributed by atoms with Crippen molar-refractivity contribution in [1.82, 2.24) is 9.55 Å². The van der Waals surface area contributed by atoms with Gasteiger partial charge in [0.25, 0.3) is 5.69 Å². The summed E-state index contributed by atoms with van der Waals surface area (Å²) in [5, 5.41) is 15.4. The fourth-order valence-corrected chi connectivity index (χ4v) is 3.13. The molecule has 144 valence electrons. The molecule has 0 atom stereocenters. The van der Waals surface area contributed by atoms with E-state index >= 15 is 0 Å². The molecule has 0 bridgehead atoms. The number of aryl methyl sites for hydroxylation is 1. The minimum absolute atomic E-state index is 0.0440. The number of nitrogens with one attached hydrogen (secondary N) is 1. The minimum Gasteiger partial charge on any atom is -0.331 e. The van der Waals surface area contributed by atoms with Crippen molar-refractivity contribution in [3.63, 3.8) is 0 Å². The van der Waals surface area contributed by atoms with Crippen LogP contribution in [0, 0.1) is 10.1 Å². The van der Waals surface area contributed by atoms with Crippen LogP contribution in [0.4, 0.5) is 11.4 Å². The fraction of sp³-hybridized carbons (Fsp3) is 0.0909. The number of imidazole rings is 1. The Morgan fingerprint density at radius 3 is 2.41 bits per heavy atom. The summed E-state index contributed by atoms with van der Waals surface area (Å²) in [7, 11) is 2.00. The van der Waals surface area contributed by atoms with Crippen LogP contribution in [-0.2, 0) is 13.5 Å². The highest BCUT2D eigenvalue weighted by atomic mass is 16.6. The Hall–Kier alpha value is -4.00. The lowest BCUT2D eigenvalue weighted by molar-refractivity contribution is -0.384. The Balaban J connectivity index is 1.65. The van der Waals surface area contributed by atoms with Crippen LogP contribution in [0.15, 0.2) is 84.0 Å².